The van der Waals surface area contributed by atoms with Gasteiger partial charge in [-0.3, -0.25) is 0 Å². The van der Waals surface area contributed by atoms with Crippen molar-refractivity contribution in [3.63, 3.8) is 0 Å². The number of anilines is 1. The first kappa shape index (κ1) is 16.7. The first-order valence-corrected chi connectivity index (χ1v) is 7.90. The van der Waals surface area contributed by atoms with Gasteiger partial charge in [0.25, 0.3) is 0 Å². The molecule has 0 bridgehead atoms. The molecule has 0 aromatic carbocycles. The van der Waals surface area contributed by atoms with E-state index >= 15 is 0 Å². The molecule has 1 aromatic heterocycles. The number of aromatic nitrogens is 2. The Morgan fingerprint density at radius 2 is 1.90 bits per heavy atom. The Bertz CT molecular complexity index is 352. The average molecular weight is 279 g/mol. The highest BCUT2D eigenvalue weighted by Gasteiger charge is 2.07. The van der Waals surface area contributed by atoms with Crippen LogP contribution in [0.1, 0.15) is 59.2 Å². The Morgan fingerprint density at radius 1 is 1.15 bits per heavy atom. The molecule has 20 heavy (non-hydrogen) atoms. The van der Waals surface area contributed by atoms with E-state index in [0.29, 0.717) is 11.8 Å². The molecule has 0 aliphatic heterocycles. The van der Waals surface area contributed by atoms with Crippen molar-refractivity contribution >= 4 is 5.82 Å². The van der Waals surface area contributed by atoms with Gasteiger partial charge in [-0.2, -0.15) is 4.98 Å². The monoisotopic (exact) mass is 279 g/mol. The van der Waals surface area contributed by atoms with Crippen LogP contribution in [0.2, 0.25) is 0 Å². The highest BCUT2D eigenvalue weighted by atomic mass is 16.5. The van der Waals surface area contributed by atoms with Crippen LogP contribution in [0.3, 0.4) is 0 Å². The zero-order valence-corrected chi connectivity index (χ0v) is 13.4. The summed E-state index contributed by atoms with van der Waals surface area (Å²) in [6.45, 7) is 10.4. The molecule has 4 nitrogen and oxygen atoms in total. The van der Waals surface area contributed by atoms with E-state index in [1.807, 2.05) is 6.07 Å². The molecule has 1 aromatic rings. The molecule has 0 fully saturated rings. The third kappa shape index (κ3) is 6.73. The van der Waals surface area contributed by atoms with Crippen LogP contribution in [-0.4, -0.2) is 23.1 Å². The smallest absolute Gasteiger partial charge is 0.218 e. The van der Waals surface area contributed by atoms with Crippen LogP contribution in [0.5, 0.6) is 5.88 Å². The minimum absolute atomic E-state index is 0.546. The number of nitrogens with one attached hydrogen (secondary N) is 1. The Balaban J connectivity index is 2.72. The van der Waals surface area contributed by atoms with Gasteiger partial charge >= 0.3 is 0 Å². The van der Waals surface area contributed by atoms with Crippen molar-refractivity contribution in [3.8, 4) is 5.88 Å². The fourth-order valence-electron chi connectivity index (χ4n) is 1.81. The van der Waals surface area contributed by atoms with Crippen LogP contribution in [0.4, 0.5) is 5.82 Å². The largest absolute Gasteiger partial charge is 0.478 e. The lowest BCUT2D eigenvalue weighted by molar-refractivity contribution is 0.296. The highest BCUT2D eigenvalue weighted by Crippen LogP contribution is 2.16. The number of unbranched alkanes of at least 4 members (excludes halogenated alkanes) is 2. The highest BCUT2D eigenvalue weighted by molar-refractivity contribution is 5.38. The summed E-state index contributed by atoms with van der Waals surface area (Å²) in [7, 11) is 0. The lowest BCUT2D eigenvalue weighted by Crippen LogP contribution is -2.09. The molecule has 1 N–H and O–H groups in total. The van der Waals surface area contributed by atoms with Gasteiger partial charge in [0.2, 0.25) is 5.88 Å². The minimum atomic E-state index is 0.546. The van der Waals surface area contributed by atoms with E-state index in [4.69, 9.17) is 4.74 Å². The second-order valence-corrected chi connectivity index (χ2v) is 5.59. The van der Waals surface area contributed by atoms with Gasteiger partial charge in [-0.05, 0) is 18.8 Å². The predicted molar refractivity (Wildman–Crippen MR) is 84.4 cm³/mol. The van der Waals surface area contributed by atoms with Crippen LogP contribution >= 0.6 is 0 Å². The van der Waals surface area contributed by atoms with Gasteiger partial charge in [0.15, 0.2) is 0 Å². The maximum Gasteiger partial charge on any atom is 0.218 e. The summed E-state index contributed by atoms with van der Waals surface area (Å²) in [4.78, 5) is 9.07. The first-order chi connectivity index (χ1) is 9.65. The van der Waals surface area contributed by atoms with E-state index in [9.17, 15) is 0 Å². The molecule has 4 heteroatoms. The van der Waals surface area contributed by atoms with Crippen LogP contribution in [0.25, 0.3) is 0 Å². The molecule has 1 heterocycles. The third-order valence-electron chi connectivity index (χ3n) is 2.92. The summed E-state index contributed by atoms with van der Waals surface area (Å²) in [6, 6.07) is 1.91. The standard InChI is InChI=1S/C16H29N3O/c1-5-7-9-17-14-12-16(20-10-8-6-2)19-15(18-14)11-13(3)4/h12-13H,5-11H2,1-4H3,(H,17,18,19). The van der Waals surface area contributed by atoms with Gasteiger partial charge in [0, 0.05) is 19.0 Å². The van der Waals surface area contributed by atoms with Crippen molar-refractivity contribution < 1.29 is 4.74 Å². The minimum Gasteiger partial charge on any atom is -0.478 e. The zero-order chi connectivity index (χ0) is 14.8. The molecule has 0 aliphatic carbocycles. The van der Waals surface area contributed by atoms with Crippen LogP contribution in [0.15, 0.2) is 6.07 Å². The second kappa shape index (κ2) is 9.56. The molecule has 0 unspecified atom stereocenters. The lowest BCUT2D eigenvalue weighted by atomic mass is 10.1. The average Bonchev–Trinajstić information content (AvgIpc) is 2.38. The quantitative estimate of drug-likeness (QED) is 0.656. The van der Waals surface area contributed by atoms with Crippen molar-refractivity contribution in [2.24, 2.45) is 5.92 Å². The van der Waals surface area contributed by atoms with Crippen molar-refractivity contribution in [2.45, 2.75) is 59.8 Å². The fourth-order valence-corrected chi connectivity index (χ4v) is 1.81. The molecule has 1 rings (SSSR count). The second-order valence-electron chi connectivity index (χ2n) is 5.59. The molecular formula is C16H29N3O. The fraction of sp³-hybridized carbons (Fsp3) is 0.750. The SMILES string of the molecule is CCCCNc1cc(OCCCC)nc(CC(C)C)n1. The number of nitrogens with zero attached hydrogens (tertiary/aromatic N) is 2. The molecule has 0 amide bonds. The molecule has 0 radical (unpaired) electrons. The van der Waals surface area contributed by atoms with E-state index in [1.54, 1.807) is 0 Å². The lowest BCUT2D eigenvalue weighted by Gasteiger charge is -2.11. The Morgan fingerprint density at radius 3 is 2.55 bits per heavy atom. The third-order valence-corrected chi connectivity index (χ3v) is 2.92. The summed E-state index contributed by atoms with van der Waals surface area (Å²) in [5, 5.41) is 3.36. The topological polar surface area (TPSA) is 47.0 Å². The van der Waals surface area contributed by atoms with Crippen LogP contribution in [0, 0.1) is 5.92 Å². The maximum atomic E-state index is 5.72. The Labute approximate surface area is 123 Å². The number of hydrogen-bond donors (Lipinski definition) is 1. The van der Waals surface area contributed by atoms with Crippen molar-refractivity contribution in [1.82, 2.24) is 9.97 Å². The van der Waals surface area contributed by atoms with Crippen LogP contribution in [-0.2, 0) is 6.42 Å². The van der Waals surface area contributed by atoms with Crippen LogP contribution < -0.4 is 10.1 Å². The zero-order valence-electron chi connectivity index (χ0n) is 13.4. The van der Waals surface area contributed by atoms with Gasteiger partial charge in [-0.15, -0.1) is 0 Å². The van der Waals surface area contributed by atoms with Gasteiger partial charge in [0.1, 0.15) is 11.6 Å². The Hall–Kier alpha value is -1.32. The van der Waals surface area contributed by atoms with E-state index < -0.39 is 0 Å². The molecule has 0 spiro atoms. The van der Waals surface area contributed by atoms with Crippen molar-refractivity contribution in [1.29, 1.82) is 0 Å². The predicted octanol–water partition coefficient (Wildman–Crippen LogP) is 4.07. The van der Waals surface area contributed by atoms with Gasteiger partial charge in [-0.1, -0.05) is 40.5 Å². The molecule has 0 saturated heterocycles. The summed E-state index contributed by atoms with van der Waals surface area (Å²) in [5.41, 5.74) is 0. The maximum absolute atomic E-state index is 5.72. The van der Waals surface area contributed by atoms with Gasteiger partial charge in [-0.25, -0.2) is 4.98 Å². The number of ether oxygens (including phenoxy) is 1. The summed E-state index contributed by atoms with van der Waals surface area (Å²) >= 11 is 0. The van der Waals surface area contributed by atoms with E-state index in [1.165, 1.54) is 6.42 Å². The van der Waals surface area contributed by atoms with E-state index in [-0.39, 0.29) is 0 Å². The molecule has 0 aliphatic rings. The summed E-state index contributed by atoms with van der Waals surface area (Å²) in [6.07, 6.45) is 5.40. The molecule has 114 valence electrons. The summed E-state index contributed by atoms with van der Waals surface area (Å²) < 4.78 is 5.72. The molecule has 0 saturated carbocycles. The Kier molecular flexibility index (Phi) is 8.00. The van der Waals surface area contributed by atoms with E-state index in [2.05, 4.69) is 43.0 Å². The normalized spacial score (nSPS) is 10.8. The van der Waals surface area contributed by atoms with Crippen molar-refractivity contribution in [3.05, 3.63) is 11.9 Å². The molecule has 0 atom stereocenters. The van der Waals surface area contributed by atoms with Gasteiger partial charge in [0.05, 0.1) is 6.61 Å². The van der Waals surface area contributed by atoms with E-state index in [0.717, 1.165) is 50.5 Å². The van der Waals surface area contributed by atoms with Gasteiger partial charge < -0.3 is 10.1 Å². The number of hydrogen-bond acceptors (Lipinski definition) is 4. The van der Waals surface area contributed by atoms with Crippen molar-refractivity contribution in [2.75, 3.05) is 18.5 Å². The number of rotatable bonds is 10. The first-order valence-electron chi connectivity index (χ1n) is 7.90. The summed E-state index contributed by atoms with van der Waals surface area (Å²) in [5.74, 6) is 3.00. The molecular weight excluding hydrogens is 250 g/mol.